The highest BCUT2D eigenvalue weighted by Gasteiger charge is 2.15. The molecule has 0 amide bonds. The minimum absolute atomic E-state index is 0.750. The van der Waals surface area contributed by atoms with Gasteiger partial charge in [0.25, 0.3) is 0 Å². The minimum atomic E-state index is 0.750. The number of nitrogens with two attached hydrogens (primary N) is 2. The zero-order chi connectivity index (χ0) is 18.1. The Labute approximate surface area is 153 Å². The first-order valence-electron chi connectivity index (χ1n) is 8.63. The van der Waals surface area contributed by atoms with Crippen molar-refractivity contribution in [1.82, 2.24) is 0 Å². The van der Waals surface area contributed by atoms with E-state index >= 15 is 0 Å². The fourth-order valence-electron chi connectivity index (χ4n) is 3.32. The molecule has 0 atom stereocenters. The molecule has 0 heterocycles. The normalized spacial score (nSPS) is 10.8. The highest BCUT2D eigenvalue weighted by atomic mass is 15.1. The molecule has 4 rings (SSSR count). The van der Waals surface area contributed by atoms with Crippen molar-refractivity contribution in [2.75, 3.05) is 16.4 Å². The molecule has 0 aliphatic heterocycles. The lowest BCUT2D eigenvalue weighted by molar-refractivity contribution is 1.30. The Morgan fingerprint density at radius 3 is 1.65 bits per heavy atom. The molecule has 4 aromatic carbocycles. The zero-order valence-electron chi connectivity index (χ0n) is 14.7. The highest BCUT2D eigenvalue weighted by Crippen LogP contribution is 2.39. The molecule has 3 heteroatoms. The molecule has 26 heavy (non-hydrogen) atoms. The van der Waals surface area contributed by atoms with Crippen LogP contribution in [0.25, 0.3) is 10.8 Å². The van der Waals surface area contributed by atoms with E-state index in [1.54, 1.807) is 0 Å². The summed E-state index contributed by atoms with van der Waals surface area (Å²) in [5.41, 5.74) is 17.8. The van der Waals surface area contributed by atoms with E-state index in [2.05, 4.69) is 48.2 Å². The van der Waals surface area contributed by atoms with E-state index in [-0.39, 0.29) is 0 Å². The van der Waals surface area contributed by atoms with Gasteiger partial charge in [-0.25, -0.2) is 0 Å². The van der Waals surface area contributed by atoms with Gasteiger partial charge in [0.15, 0.2) is 0 Å². The third kappa shape index (κ3) is 2.84. The summed E-state index contributed by atoms with van der Waals surface area (Å²) in [5.74, 6) is 0. The van der Waals surface area contributed by atoms with E-state index in [1.165, 1.54) is 16.3 Å². The number of nitrogens with zero attached hydrogens (tertiary/aromatic N) is 1. The molecule has 0 aliphatic rings. The Kier molecular flexibility index (Phi) is 3.98. The molecule has 0 fully saturated rings. The van der Waals surface area contributed by atoms with E-state index in [9.17, 15) is 0 Å². The molecule has 0 saturated heterocycles. The summed E-state index contributed by atoms with van der Waals surface area (Å²) in [5, 5.41) is 2.46. The first kappa shape index (κ1) is 16.0. The molecule has 0 unspecified atom stereocenters. The Morgan fingerprint density at radius 2 is 1.08 bits per heavy atom. The number of anilines is 5. The topological polar surface area (TPSA) is 55.3 Å². The molecular formula is C23H21N3. The fourth-order valence-corrected chi connectivity index (χ4v) is 3.32. The largest absolute Gasteiger partial charge is 0.399 e. The first-order chi connectivity index (χ1) is 12.6. The Morgan fingerprint density at radius 1 is 0.577 bits per heavy atom. The van der Waals surface area contributed by atoms with E-state index in [0.29, 0.717) is 0 Å². The van der Waals surface area contributed by atoms with Gasteiger partial charge in [0.2, 0.25) is 0 Å². The summed E-state index contributed by atoms with van der Waals surface area (Å²) in [7, 11) is 0. The van der Waals surface area contributed by atoms with Crippen molar-refractivity contribution in [3.05, 3.63) is 90.5 Å². The third-order valence-electron chi connectivity index (χ3n) is 4.66. The van der Waals surface area contributed by atoms with Gasteiger partial charge in [0.1, 0.15) is 0 Å². The van der Waals surface area contributed by atoms with Gasteiger partial charge in [-0.15, -0.1) is 0 Å². The van der Waals surface area contributed by atoms with Crippen molar-refractivity contribution in [1.29, 1.82) is 0 Å². The van der Waals surface area contributed by atoms with Crippen molar-refractivity contribution in [2.45, 2.75) is 6.92 Å². The van der Waals surface area contributed by atoms with Gasteiger partial charge < -0.3 is 16.4 Å². The molecule has 128 valence electrons. The lowest BCUT2D eigenvalue weighted by Gasteiger charge is -2.27. The van der Waals surface area contributed by atoms with E-state index in [0.717, 1.165) is 28.4 Å². The number of aryl methyl sites for hydroxylation is 1. The summed E-state index contributed by atoms with van der Waals surface area (Å²) in [6.07, 6.45) is 0. The molecule has 0 bridgehead atoms. The van der Waals surface area contributed by atoms with Gasteiger partial charge in [0, 0.05) is 28.1 Å². The van der Waals surface area contributed by atoms with E-state index in [1.807, 2.05) is 48.5 Å². The monoisotopic (exact) mass is 339 g/mol. The molecule has 3 nitrogen and oxygen atoms in total. The second-order valence-corrected chi connectivity index (χ2v) is 6.47. The summed E-state index contributed by atoms with van der Waals surface area (Å²) < 4.78 is 0. The minimum Gasteiger partial charge on any atom is -0.399 e. The van der Waals surface area contributed by atoms with Crippen molar-refractivity contribution in [3.63, 3.8) is 0 Å². The number of rotatable bonds is 3. The quantitative estimate of drug-likeness (QED) is 0.465. The average Bonchev–Trinajstić information content (AvgIpc) is 2.66. The smallest absolute Gasteiger partial charge is 0.0540 e. The summed E-state index contributed by atoms with van der Waals surface area (Å²) in [4.78, 5) is 2.24. The fraction of sp³-hybridized carbons (Fsp3) is 0.0435. The van der Waals surface area contributed by atoms with Crippen LogP contribution in [0.15, 0.2) is 84.9 Å². The number of hydrogen-bond acceptors (Lipinski definition) is 3. The maximum atomic E-state index is 5.90. The second kappa shape index (κ2) is 6.45. The Hall–Kier alpha value is -3.46. The SMILES string of the molecule is Cc1cccc2c(N(c3ccc(N)cc3)c3ccc(N)cc3)cccc12. The van der Waals surface area contributed by atoms with E-state index in [4.69, 9.17) is 11.5 Å². The van der Waals surface area contributed by atoms with Gasteiger partial charge in [-0.05, 0) is 72.5 Å². The standard InChI is InChI=1S/C23H21N3/c1-16-4-2-6-22-21(16)5-3-7-23(22)26(19-12-8-17(24)9-13-19)20-14-10-18(25)11-15-20/h2-15H,24-25H2,1H3. The van der Waals surface area contributed by atoms with Crippen molar-refractivity contribution < 1.29 is 0 Å². The van der Waals surface area contributed by atoms with E-state index < -0.39 is 0 Å². The van der Waals surface area contributed by atoms with Crippen molar-refractivity contribution >= 4 is 39.2 Å². The lowest BCUT2D eigenvalue weighted by Crippen LogP contribution is -2.10. The van der Waals surface area contributed by atoms with Crippen LogP contribution in [0.1, 0.15) is 5.56 Å². The van der Waals surface area contributed by atoms with Gasteiger partial charge in [-0.1, -0.05) is 30.3 Å². The van der Waals surface area contributed by atoms with Gasteiger partial charge >= 0.3 is 0 Å². The molecule has 0 radical (unpaired) electrons. The van der Waals surface area contributed by atoms with Crippen molar-refractivity contribution in [3.8, 4) is 0 Å². The molecule has 0 aromatic heterocycles. The van der Waals surface area contributed by atoms with Crippen LogP contribution < -0.4 is 16.4 Å². The summed E-state index contributed by atoms with van der Waals surface area (Å²) >= 11 is 0. The summed E-state index contributed by atoms with van der Waals surface area (Å²) in [6.45, 7) is 2.14. The van der Waals surface area contributed by atoms with Crippen LogP contribution in [-0.4, -0.2) is 0 Å². The maximum Gasteiger partial charge on any atom is 0.0540 e. The molecule has 0 saturated carbocycles. The van der Waals surface area contributed by atoms with Gasteiger partial charge in [0.05, 0.1) is 5.69 Å². The molecule has 0 spiro atoms. The first-order valence-corrected chi connectivity index (χ1v) is 8.63. The molecule has 4 aromatic rings. The molecule has 0 aliphatic carbocycles. The number of fused-ring (bicyclic) bond motifs is 1. The van der Waals surface area contributed by atoms with Crippen LogP contribution >= 0.6 is 0 Å². The van der Waals surface area contributed by atoms with Crippen LogP contribution in [0, 0.1) is 6.92 Å². The van der Waals surface area contributed by atoms with Crippen LogP contribution in [0.5, 0.6) is 0 Å². The van der Waals surface area contributed by atoms with Gasteiger partial charge in [-0.2, -0.15) is 0 Å². The maximum absolute atomic E-state index is 5.90. The van der Waals surface area contributed by atoms with Crippen LogP contribution in [0.4, 0.5) is 28.4 Å². The third-order valence-corrected chi connectivity index (χ3v) is 4.66. The lowest BCUT2D eigenvalue weighted by atomic mass is 10.0. The number of benzene rings is 4. The van der Waals surface area contributed by atoms with Crippen molar-refractivity contribution in [2.24, 2.45) is 0 Å². The molecular weight excluding hydrogens is 318 g/mol. The highest BCUT2D eigenvalue weighted by molar-refractivity contribution is 6.00. The molecule has 4 N–H and O–H groups in total. The zero-order valence-corrected chi connectivity index (χ0v) is 14.7. The Bertz CT molecular complexity index is 1010. The Balaban J connectivity index is 1.98. The average molecular weight is 339 g/mol. The van der Waals surface area contributed by atoms with Crippen LogP contribution in [0.3, 0.4) is 0 Å². The van der Waals surface area contributed by atoms with Crippen LogP contribution in [0.2, 0.25) is 0 Å². The predicted molar refractivity (Wildman–Crippen MR) is 112 cm³/mol. The number of nitrogen functional groups attached to an aromatic ring is 2. The second-order valence-electron chi connectivity index (χ2n) is 6.47. The van der Waals surface area contributed by atoms with Gasteiger partial charge in [-0.3, -0.25) is 0 Å². The summed E-state index contributed by atoms with van der Waals surface area (Å²) in [6, 6.07) is 28.7. The predicted octanol–water partition coefficient (Wildman–Crippen LogP) is 5.78. The van der Waals surface area contributed by atoms with Crippen LogP contribution in [-0.2, 0) is 0 Å². The number of hydrogen-bond donors (Lipinski definition) is 2.